The Bertz CT molecular complexity index is 1490. The maximum absolute atomic E-state index is 6.02. The van der Waals surface area contributed by atoms with Crippen LogP contribution in [-0.2, 0) is 0 Å². The largest absolute Gasteiger partial charge is 0.456 e. The lowest BCUT2D eigenvalue weighted by molar-refractivity contribution is 0.669. The molecule has 5 aromatic rings. The van der Waals surface area contributed by atoms with Gasteiger partial charge < -0.3 is 4.42 Å². The van der Waals surface area contributed by atoms with Gasteiger partial charge in [0.25, 0.3) is 0 Å². The highest BCUT2D eigenvalue weighted by molar-refractivity contribution is 9.10. The molecule has 6 rings (SSSR count). The second kappa shape index (κ2) is 7.96. The van der Waals surface area contributed by atoms with Crippen molar-refractivity contribution in [2.75, 3.05) is 0 Å². The minimum atomic E-state index is 0.468. The van der Waals surface area contributed by atoms with Crippen LogP contribution in [0.2, 0.25) is 0 Å². The van der Waals surface area contributed by atoms with E-state index in [1.54, 1.807) is 0 Å². The number of rotatable bonds is 3. The van der Waals surface area contributed by atoms with Gasteiger partial charge in [0.05, 0.1) is 0 Å². The third-order valence-corrected chi connectivity index (χ3v) is 6.98. The highest BCUT2D eigenvalue weighted by Gasteiger charge is 2.13. The number of hydrogen-bond donors (Lipinski definition) is 0. The van der Waals surface area contributed by atoms with Gasteiger partial charge in [-0.2, -0.15) is 0 Å². The first kappa shape index (κ1) is 19.3. The molecule has 0 amide bonds. The molecule has 0 saturated carbocycles. The molecule has 2 heteroatoms. The fourth-order valence-corrected chi connectivity index (χ4v) is 5.16. The monoisotopic (exact) mass is 476 g/mol. The fraction of sp³-hybridized carbons (Fsp3) is 0.0667. The van der Waals surface area contributed by atoms with Crippen LogP contribution in [0.1, 0.15) is 23.5 Å². The van der Waals surface area contributed by atoms with E-state index in [2.05, 4.69) is 113 Å². The Hall–Kier alpha value is -3.36. The predicted octanol–water partition coefficient (Wildman–Crippen LogP) is 9.14. The van der Waals surface area contributed by atoms with Gasteiger partial charge >= 0.3 is 0 Å². The third-order valence-electron chi connectivity index (χ3n) is 6.32. The lowest BCUT2D eigenvalue weighted by atomic mass is 9.88. The van der Waals surface area contributed by atoms with Gasteiger partial charge in [0, 0.05) is 21.2 Å². The molecule has 32 heavy (non-hydrogen) atoms. The summed E-state index contributed by atoms with van der Waals surface area (Å²) in [7, 11) is 0. The molecule has 1 aliphatic rings. The molecular formula is C30H21BrO. The van der Waals surface area contributed by atoms with E-state index in [1.165, 1.54) is 27.8 Å². The normalized spacial score (nSPS) is 15.9. The van der Waals surface area contributed by atoms with Crippen LogP contribution in [-0.4, -0.2) is 0 Å². The fourth-order valence-electron chi connectivity index (χ4n) is 4.60. The molecule has 1 unspecified atom stereocenters. The maximum Gasteiger partial charge on any atom is 0.136 e. The Kier molecular flexibility index (Phi) is 4.81. The number of fused-ring (bicyclic) bond motifs is 3. The first-order valence-corrected chi connectivity index (χ1v) is 11.7. The van der Waals surface area contributed by atoms with E-state index in [4.69, 9.17) is 4.42 Å². The molecule has 1 heterocycles. The Morgan fingerprint density at radius 3 is 2.28 bits per heavy atom. The van der Waals surface area contributed by atoms with Crippen molar-refractivity contribution < 1.29 is 4.42 Å². The van der Waals surface area contributed by atoms with Gasteiger partial charge in [-0.1, -0.05) is 101 Å². The number of benzene rings is 4. The van der Waals surface area contributed by atoms with Gasteiger partial charge in [-0.15, -0.1) is 0 Å². The van der Waals surface area contributed by atoms with Crippen LogP contribution in [0.25, 0.3) is 38.6 Å². The summed E-state index contributed by atoms with van der Waals surface area (Å²) in [6.07, 6.45) is 7.98. The lowest BCUT2D eigenvalue weighted by Gasteiger charge is -2.17. The molecular weight excluding hydrogens is 456 g/mol. The second-order valence-corrected chi connectivity index (χ2v) is 9.13. The van der Waals surface area contributed by atoms with Gasteiger partial charge in [0.2, 0.25) is 0 Å². The summed E-state index contributed by atoms with van der Waals surface area (Å²) < 4.78 is 7.08. The first-order chi connectivity index (χ1) is 15.8. The molecule has 0 spiro atoms. The molecule has 0 aliphatic heterocycles. The summed E-state index contributed by atoms with van der Waals surface area (Å²) in [6.45, 7) is 0. The van der Waals surface area contributed by atoms with Crippen LogP contribution in [0.15, 0.2) is 118 Å². The Labute approximate surface area is 195 Å². The Balaban J connectivity index is 1.28. The van der Waals surface area contributed by atoms with E-state index in [0.717, 1.165) is 32.8 Å². The molecule has 0 bridgehead atoms. The molecule has 0 saturated heterocycles. The van der Waals surface area contributed by atoms with Crippen molar-refractivity contribution in [1.82, 2.24) is 0 Å². The van der Waals surface area contributed by atoms with Crippen molar-refractivity contribution in [3.8, 4) is 11.1 Å². The third kappa shape index (κ3) is 3.41. The van der Waals surface area contributed by atoms with Gasteiger partial charge in [-0.05, 0) is 58.5 Å². The summed E-state index contributed by atoms with van der Waals surface area (Å²) in [5, 5.41) is 2.27. The van der Waals surface area contributed by atoms with E-state index < -0.39 is 0 Å². The first-order valence-electron chi connectivity index (χ1n) is 10.9. The quantitative estimate of drug-likeness (QED) is 0.253. The number of halogens is 1. The maximum atomic E-state index is 6.02. The SMILES string of the molecule is Brc1cccc2oc3ccc(-c4ccc(C5=CCC(c6ccccc6)C=C5)cc4)cc3c12. The molecule has 1 nitrogen and oxygen atoms in total. The minimum Gasteiger partial charge on any atom is -0.456 e. The predicted molar refractivity (Wildman–Crippen MR) is 138 cm³/mol. The molecule has 0 radical (unpaired) electrons. The van der Waals surface area contributed by atoms with Crippen LogP contribution >= 0.6 is 15.9 Å². The molecule has 154 valence electrons. The molecule has 1 aromatic heterocycles. The molecule has 0 N–H and O–H groups in total. The van der Waals surface area contributed by atoms with Crippen LogP contribution < -0.4 is 0 Å². The standard InChI is InChI=1S/C30H21BrO/c31-27-7-4-8-29-30(27)26-19-25(17-18-28(26)32-29)24-15-13-23(14-16-24)22-11-9-21(10-12-22)20-5-2-1-3-6-20/h1-9,11-19,21H,10H2. The summed E-state index contributed by atoms with van der Waals surface area (Å²) in [5.74, 6) is 0.468. The van der Waals surface area contributed by atoms with Crippen LogP contribution in [0.3, 0.4) is 0 Å². The van der Waals surface area contributed by atoms with Crippen molar-refractivity contribution >= 4 is 43.4 Å². The highest BCUT2D eigenvalue weighted by Crippen LogP contribution is 2.37. The van der Waals surface area contributed by atoms with Gasteiger partial charge in [-0.25, -0.2) is 0 Å². The molecule has 4 aromatic carbocycles. The van der Waals surface area contributed by atoms with Crippen molar-refractivity contribution in [1.29, 1.82) is 0 Å². The minimum absolute atomic E-state index is 0.468. The van der Waals surface area contributed by atoms with E-state index in [-0.39, 0.29) is 0 Å². The van der Waals surface area contributed by atoms with Crippen LogP contribution in [0, 0.1) is 0 Å². The lowest BCUT2D eigenvalue weighted by Crippen LogP contribution is -1.98. The van der Waals surface area contributed by atoms with Crippen molar-refractivity contribution in [2.45, 2.75) is 12.3 Å². The molecule has 1 atom stereocenters. The topological polar surface area (TPSA) is 13.1 Å². The van der Waals surface area contributed by atoms with Gasteiger partial charge in [0.1, 0.15) is 11.2 Å². The Morgan fingerprint density at radius 2 is 1.50 bits per heavy atom. The molecule has 0 fully saturated rings. The highest BCUT2D eigenvalue weighted by atomic mass is 79.9. The van der Waals surface area contributed by atoms with E-state index in [9.17, 15) is 0 Å². The number of hydrogen-bond acceptors (Lipinski definition) is 1. The van der Waals surface area contributed by atoms with E-state index >= 15 is 0 Å². The van der Waals surface area contributed by atoms with Crippen molar-refractivity contribution in [3.63, 3.8) is 0 Å². The zero-order chi connectivity index (χ0) is 21.5. The average Bonchev–Trinajstić information content (AvgIpc) is 3.24. The summed E-state index contributed by atoms with van der Waals surface area (Å²) in [5.41, 5.74) is 8.16. The van der Waals surface area contributed by atoms with Crippen LogP contribution in [0.4, 0.5) is 0 Å². The van der Waals surface area contributed by atoms with Crippen LogP contribution in [0.5, 0.6) is 0 Å². The summed E-state index contributed by atoms with van der Waals surface area (Å²) in [4.78, 5) is 0. The summed E-state index contributed by atoms with van der Waals surface area (Å²) >= 11 is 3.68. The zero-order valence-electron chi connectivity index (χ0n) is 17.5. The van der Waals surface area contributed by atoms with Crippen molar-refractivity contribution in [2.24, 2.45) is 0 Å². The van der Waals surface area contributed by atoms with Gasteiger partial charge in [0.15, 0.2) is 0 Å². The zero-order valence-corrected chi connectivity index (χ0v) is 19.0. The van der Waals surface area contributed by atoms with E-state index in [0.29, 0.717) is 5.92 Å². The summed E-state index contributed by atoms with van der Waals surface area (Å²) in [6, 6.07) is 32.1. The second-order valence-electron chi connectivity index (χ2n) is 8.27. The smallest absolute Gasteiger partial charge is 0.136 e. The number of allylic oxidation sites excluding steroid dienone is 4. The number of furan rings is 1. The van der Waals surface area contributed by atoms with Crippen molar-refractivity contribution in [3.05, 3.63) is 125 Å². The molecule has 1 aliphatic carbocycles. The Morgan fingerprint density at radius 1 is 0.719 bits per heavy atom. The average molecular weight is 477 g/mol. The van der Waals surface area contributed by atoms with E-state index in [1.807, 2.05) is 12.1 Å². The van der Waals surface area contributed by atoms with Gasteiger partial charge in [-0.3, -0.25) is 0 Å².